The maximum atomic E-state index is 15.8. The third-order valence-corrected chi connectivity index (χ3v) is 7.16. The Morgan fingerprint density at radius 3 is 2.59 bits per heavy atom. The van der Waals surface area contributed by atoms with E-state index in [1.54, 1.807) is 54.4 Å². The van der Waals surface area contributed by atoms with Crippen LogP contribution < -0.4 is 14.4 Å². The molecule has 5 aromatic rings. The molecule has 0 saturated heterocycles. The number of nitrogens with zero attached hydrogens (tertiary/aromatic N) is 9. The lowest BCUT2D eigenvalue weighted by molar-refractivity contribution is 0.374. The van der Waals surface area contributed by atoms with Gasteiger partial charge in [-0.1, -0.05) is 0 Å². The zero-order valence-corrected chi connectivity index (χ0v) is 22.8. The number of halogens is 1. The average Bonchev–Trinajstić information content (AvgIpc) is 3.59. The molecule has 14 heteroatoms. The summed E-state index contributed by atoms with van der Waals surface area (Å²) in [5, 5.41) is 4.19. The number of benzene rings is 1. The van der Waals surface area contributed by atoms with Crippen LogP contribution in [0, 0.1) is 5.82 Å². The summed E-state index contributed by atoms with van der Waals surface area (Å²) in [6.45, 7) is 0.0219. The van der Waals surface area contributed by atoms with Crippen LogP contribution in [0.2, 0.25) is 0 Å². The predicted molar refractivity (Wildman–Crippen MR) is 144 cm³/mol. The first-order valence-corrected chi connectivity index (χ1v) is 12.8. The molecule has 1 unspecified atom stereocenters. The second-order valence-electron chi connectivity index (χ2n) is 8.63. The van der Waals surface area contributed by atoms with Gasteiger partial charge < -0.3 is 14.4 Å². The highest BCUT2D eigenvalue weighted by Gasteiger charge is 2.24. The van der Waals surface area contributed by atoms with Crippen LogP contribution in [-0.2, 0) is 24.8 Å². The quantitative estimate of drug-likeness (QED) is 0.272. The van der Waals surface area contributed by atoms with Crippen molar-refractivity contribution in [2.75, 3.05) is 33.2 Å². The average molecular weight is 552 g/mol. The van der Waals surface area contributed by atoms with E-state index in [0.29, 0.717) is 34.2 Å². The van der Waals surface area contributed by atoms with Gasteiger partial charge in [0.05, 0.1) is 44.5 Å². The van der Waals surface area contributed by atoms with Crippen molar-refractivity contribution >= 4 is 33.8 Å². The summed E-state index contributed by atoms with van der Waals surface area (Å²) in [7, 11) is 8.05. The smallest absolute Gasteiger partial charge is 0.203 e. The topological polar surface area (TPSA) is 116 Å². The van der Waals surface area contributed by atoms with E-state index in [4.69, 9.17) is 14.5 Å². The molecule has 0 amide bonds. The van der Waals surface area contributed by atoms with Crippen molar-refractivity contribution < 1.29 is 18.1 Å². The van der Waals surface area contributed by atoms with Crippen LogP contribution in [0.3, 0.4) is 0 Å². The molecule has 4 aromatic heterocycles. The Labute approximate surface area is 226 Å². The zero-order chi connectivity index (χ0) is 27.7. The first-order chi connectivity index (χ1) is 18.8. The SMILES string of the molecule is COc1cc(OC)c(F)c(N(Cc2nccn2S(=O)N(C)C)c2ccc3ncc(-c4cnn(C)c4)nc3n2)c1. The minimum absolute atomic E-state index is 0.00555. The number of hydrogen-bond acceptors (Lipinski definition) is 9. The van der Waals surface area contributed by atoms with Crippen molar-refractivity contribution in [1.82, 2.24) is 38.0 Å². The lowest BCUT2D eigenvalue weighted by Gasteiger charge is -2.26. The summed E-state index contributed by atoms with van der Waals surface area (Å²) in [5.74, 6) is 0.531. The van der Waals surface area contributed by atoms with E-state index in [1.165, 1.54) is 40.8 Å². The molecule has 202 valence electrons. The van der Waals surface area contributed by atoms with Crippen molar-refractivity contribution in [2.24, 2.45) is 7.05 Å². The summed E-state index contributed by atoms with van der Waals surface area (Å²) in [6.07, 6.45) is 8.31. The number of pyridine rings is 1. The first-order valence-electron chi connectivity index (χ1n) is 11.7. The lowest BCUT2D eigenvalue weighted by Crippen LogP contribution is -2.27. The van der Waals surface area contributed by atoms with Gasteiger partial charge in [0, 0.05) is 57.4 Å². The van der Waals surface area contributed by atoms with Crippen molar-refractivity contribution in [2.45, 2.75) is 6.54 Å². The second-order valence-corrected chi connectivity index (χ2v) is 10.2. The molecule has 0 bridgehead atoms. The highest BCUT2D eigenvalue weighted by atomic mass is 32.2. The number of anilines is 2. The van der Waals surface area contributed by atoms with Gasteiger partial charge in [0.2, 0.25) is 11.2 Å². The van der Waals surface area contributed by atoms with Crippen LogP contribution in [-0.4, -0.2) is 70.5 Å². The fourth-order valence-corrected chi connectivity index (χ4v) is 4.73. The first kappa shape index (κ1) is 26.2. The van der Waals surface area contributed by atoms with E-state index < -0.39 is 17.0 Å². The summed E-state index contributed by atoms with van der Waals surface area (Å²) < 4.78 is 44.0. The van der Waals surface area contributed by atoms with Gasteiger partial charge in [-0.05, 0) is 12.1 Å². The third-order valence-electron chi connectivity index (χ3n) is 5.87. The van der Waals surface area contributed by atoms with Gasteiger partial charge >= 0.3 is 0 Å². The highest BCUT2D eigenvalue weighted by Crippen LogP contribution is 2.37. The number of hydrogen-bond donors (Lipinski definition) is 0. The molecule has 0 fully saturated rings. The van der Waals surface area contributed by atoms with Crippen molar-refractivity contribution in [1.29, 1.82) is 0 Å². The molecular weight excluding hydrogens is 525 g/mol. The number of imidazole rings is 1. The normalized spacial score (nSPS) is 12.2. The second kappa shape index (κ2) is 10.7. The molecule has 0 N–H and O–H groups in total. The van der Waals surface area contributed by atoms with Gasteiger partial charge in [-0.3, -0.25) is 9.67 Å². The highest BCUT2D eigenvalue weighted by molar-refractivity contribution is 7.81. The molecule has 4 heterocycles. The molecule has 1 aromatic carbocycles. The standard InChI is InChI=1S/C25H26FN9O3S/c1-32(2)39(36)35-9-8-27-23(35)15-34(20-10-17(37-4)11-21(38-5)24(20)26)22-7-6-18-25(31-22)30-19(13-28-18)16-12-29-33(3)14-16/h6-14H,15H2,1-5H3. The summed E-state index contributed by atoms with van der Waals surface area (Å²) in [5.41, 5.74) is 2.42. The molecule has 1 atom stereocenters. The van der Waals surface area contributed by atoms with E-state index in [0.717, 1.165) is 5.56 Å². The number of aryl methyl sites for hydroxylation is 1. The Kier molecular flexibility index (Phi) is 7.21. The number of methoxy groups -OCH3 is 2. The Bertz CT molecular complexity index is 1670. The number of ether oxygens (including phenoxy) is 2. The molecule has 0 aliphatic carbocycles. The number of aromatic nitrogens is 7. The minimum atomic E-state index is -1.54. The largest absolute Gasteiger partial charge is 0.497 e. The van der Waals surface area contributed by atoms with E-state index in [1.807, 2.05) is 13.2 Å². The summed E-state index contributed by atoms with van der Waals surface area (Å²) in [6, 6.07) is 6.46. The van der Waals surface area contributed by atoms with Gasteiger partial charge in [0.15, 0.2) is 17.2 Å². The van der Waals surface area contributed by atoms with Crippen LogP contribution in [0.15, 0.2) is 55.2 Å². The Morgan fingerprint density at radius 1 is 1.08 bits per heavy atom. The lowest BCUT2D eigenvalue weighted by atomic mass is 10.2. The van der Waals surface area contributed by atoms with Gasteiger partial charge in [0.1, 0.15) is 22.9 Å². The molecule has 0 spiro atoms. The monoisotopic (exact) mass is 551 g/mol. The molecular formula is C25H26FN9O3S. The van der Waals surface area contributed by atoms with E-state index in [2.05, 4.69) is 20.1 Å². The fraction of sp³-hybridized carbons (Fsp3) is 0.240. The van der Waals surface area contributed by atoms with E-state index in [9.17, 15) is 4.21 Å². The van der Waals surface area contributed by atoms with E-state index in [-0.39, 0.29) is 18.0 Å². The van der Waals surface area contributed by atoms with Crippen LogP contribution >= 0.6 is 0 Å². The Morgan fingerprint density at radius 2 is 1.90 bits per heavy atom. The molecule has 39 heavy (non-hydrogen) atoms. The van der Waals surface area contributed by atoms with Crippen molar-refractivity contribution in [3.8, 4) is 22.8 Å². The molecule has 0 aliphatic rings. The summed E-state index contributed by atoms with van der Waals surface area (Å²) >= 11 is -1.54. The van der Waals surface area contributed by atoms with E-state index >= 15 is 4.39 Å². The summed E-state index contributed by atoms with van der Waals surface area (Å²) in [4.78, 5) is 19.9. The van der Waals surface area contributed by atoms with Crippen LogP contribution in [0.4, 0.5) is 15.9 Å². The maximum absolute atomic E-state index is 15.8. The Hall–Kier alpha value is -4.43. The van der Waals surface area contributed by atoms with Gasteiger partial charge in [0.25, 0.3) is 0 Å². The van der Waals surface area contributed by atoms with Crippen molar-refractivity contribution in [3.63, 3.8) is 0 Å². The Balaban J connectivity index is 1.67. The molecule has 0 aliphatic heterocycles. The predicted octanol–water partition coefficient (Wildman–Crippen LogP) is 3.10. The van der Waals surface area contributed by atoms with Gasteiger partial charge in [-0.2, -0.15) is 5.10 Å². The maximum Gasteiger partial charge on any atom is 0.203 e. The van der Waals surface area contributed by atoms with Crippen LogP contribution in [0.5, 0.6) is 11.5 Å². The minimum Gasteiger partial charge on any atom is -0.497 e. The zero-order valence-electron chi connectivity index (χ0n) is 21.9. The van der Waals surface area contributed by atoms with Crippen LogP contribution in [0.1, 0.15) is 5.82 Å². The van der Waals surface area contributed by atoms with Gasteiger partial charge in [-0.15, -0.1) is 0 Å². The fourth-order valence-electron chi connectivity index (χ4n) is 3.93. The molecule has 0 saturated carbocycles. The number of rotatable bonds is 9. The van der Waals surface area contributed by atoms with Crippen molar-refractivity contribution in [3.05, 3.63) is 66.9 Å². The molecule has 5 rings (SSSR count). The van der Waals surface area contributed by atoms with Crippen LogP contribution in [0.25, 0.3) is 22.4 Å². The molecule has 0 radical (unpaired) electrons. The number of fused-ring (bicyclic) bond motifs is 1. The van der Waals surface area contributed by atoms with Gasteiger partial charge in [-0.25, -0.2) is 31.8 Å². The molecule has 12 nitrogen and oxygen atoms in total. The third kappa shape index (κ3) is 5.15.